The number of ether oxygens (including phenoxy) is 1. The topological polar surface area (TPSA) is 95.1 Å². The molecular weight excluding hydrogens is 246 g/mol. The fourth-order valence-corrected chi connectivity index (χ4v) is 1.58. The second kappa shape index (κ2) is 5.38. The number of benzene rings is 1. The lowest BCUT2D eigenvalue weighted by atomic mass is 10.1. The summed E-state index contributed by atoms with van der Waals surface area (Å²) in [7, 11) is 3.34. The number of nitrogens with zero attached hydrogens (tertiary/aromatic N) is 3. The van der Waals surface area contributed by atoms with E-state index < -0.39 is 0 Å². The number of carbonyl (C=O) groups excluding carboxylic acids is 1. The van der Waals surface area contributed by atoms with E-state index in [-0.39, 0.29) is 12.5 Å². The van der Waals surface area contributed by atoms with Gasteiger partial charge >= 0.3 is 0 Å². The number of carbonyl (C=O) groups is 1. The molecule has 0 saturated carbocycles. The molecule has 2 rings (SSSR count). The van der Waals surface area contributed by atoms with E-state index >= 15 is 0 Å². The quantitative estimate of drug-likeness (QED) is 0.774. The molecule has 1 heterocycles. The molecule has 0 bridgehead atoms. The average Bonchev–Trinajstić information content (AvgIpc) is 2.82. The first kappa shape index (κ1) is 12.9. The van der Waals surface area contributed by atoms with Crippen molar-refractivity contribution in [2.75, 3.05) is 12.8 Å². The Bertz CT molecular complexity index is 594. The van der Waals surface area contributed by atoms with E-state index in [4.69, 9.17) is 10.5 Å². The van der Waals surface area contributed by atoms with Crippen molar-refractivity contribution >= 4 is 11.6 Å². The van der Waals surface area contributed by atoms with Gasteiger partial charge in [0.05, 0.1) is 19.2 Å². The van der Waals surface area contributed by atoms with Crippen LogP contribution in [0.25, 0.3) is 0 Å². The van der Waals surface area contributed by atoms with Crippen molar-refractivity contribution in [2.45, 2.75) is 6.54 Å². The van der Waals surface area contributed by atoms with Crippen molar-refractivity contribution in [1.82, 2.24) is 20.1 Å². The number of aromatic nitrogens is 3. The monoisotopic (exact) mass is 261 g/mol. The molecule has 1 amide bonds. The van der Waals surface area contributed by atoms with Crippen LogP contribution in [0.5, 0.6) is 5.75 Å². The van der Waals surface area contributed by atoms with Gasteiger partial charge in [-0.25, -0.2) is 0 Å². The van der Waals surface area contributed by atoms with Gasteiger partial charge in [0.2, 0.25) is 0 Å². The molecule has 2 aromatic rings. The highest BCUT2D eigenvalue weighted by atomic mass is 16.5. The molecule has 7 nitrogen and oxygen atoms in total. The van der Waals surface area contributed by atoms with Crippen molar-refractivity contribution in [3.63, 3.8) is 0 Å². The van der Waals surface area contributed by atoms with Crippen LogP contribution in [-0.4, -0.2) is 27.8 Å². The predicted molar refractivity (Wildman–Crippen MR) is 69.6 cm³/mol. The molecule has 0 fully saturated rings. The van der Waals surface area contributed by atoms with Crippen LogP contribution in [0, 0.1) is 0 Å². The van der Waals surface area contributed by atoms with Crippen LogP contribution < -0.4 is 15.8 Å². The fraction of sp³-hybridized carbons (Fsp3) is 0.250. The van der Waals surface area contributed by atoms with E-state index in [0.29, 0.717) is 22.8 Å². The SMILES string of the molecule is COc1ccc(N)c(C(=O)NCc2nncn2C)c1. The molecule has 0 radical (unpaired) electrons. The summed E-state index contributed by atoms with van der Waals surface area (Å²) in [5, 5.41) is 10.4. The number of hydrogen-bond donors (Lipinski definition) is 2. The number of anilines is 1. The summed E-state index contributed by atoms with van der Waals surface area (Å²) < 4.78 is 6.80. The van der Waals surface area contributed by atoms with E-state index in [9.17, 15) is 4.79 Å². The van der Waals surface area contributed by atoms with Crippen LogP contribution in [0.3, 0.4) is 0 Å². The lowest BCUT2D eigenvalue weighted by molar-refractivity contribution is 0.0950. The summed E-state index contributed by atoms with van der Waals surface area (Å²) in [6.45, 7) is 0.284. The minimum atomic E-state index is -0.278. The fourth-order valence-electron chi connectivity index (χ4n) is 1.58. The highest BCUT2D eigenvalue weighted by molar-refractivity contribution is 5.99. The number of amides is 1. The third-order valence-corrected chi connectivity index (χ3v) is 2.72. The zero-order chi connectivity index (χ0) is 13.8. The summed E-state index contributed by atoms with van der Waals surface area (Å²) in [6, 6.07) is 4.94. The second-order valence-corrected chi connectivity index (χ2v) is 3.99. The molecule has 0 spiro atoms. The van der Waals surface area contributed by atoms with Gasteiger partial charge in [-0.15, -0.1) is 10.2 Å². The van der Waals surface area contributed by atoms with Gasteiger partial charge in [-0.3, -0.25) is 4.79 Å². The van der Waals surface area contributed by atoms with Gasteiger partial charge in [0, 0.05) is 12.7 Å². The number of nitrogens with two attached hydrogens (primary N) is 1. The van der Waals surface area contributed by atoms with Crippen LogP contribution in [0.15, 0.2) is 24.5 Å². The van der Waals surface area contributed by atoms with Crippen molar-refractivity contribution in [3.8, 4) is 5.75 Å². The molecule has 7 heteroatoms. The van der Waals surface area contributed by atoms with Crippen molar-refractivity contribution in [2.24, 2.45) is 7.05 Å². The number of nitrogen functional groups attached to an aromatic ring is 1. The Hall–Kier alpha value is -2.57. The zero-order valence-electron chi connectivity index (χ0n) is 10.8. The summed E-state index contributed by atoms with van der Waals surface area (Å²) in [5.74, 6) is 0.965. The van der Waals surface area contributed by atoms with E-state index in [0.717, 1.165) is 0 Å². The molecule has 0 aliphatic carbocycles. The Balaban J connectivity index is 2.10. The first-order valence-electron chi connectivity index (χ1n) is 5.66. The van der Waals surface area contributed by atoms with Crippen LogP contribution in [0.2, 0.25) is 0 Å². The molecule has 0 aliphatic heterocycles. The van der Waals surface area contributed by atoms with Gasteiger partial charge in [0.1, 0.15) is 12.1 Å². The Kier molecular flexibility index (Phi) is 3.65. The zero-order valence-corrected chi connectivity index (χ0v) is 10.8. The van der Waals surface area contributed by atoms with Gasteiger partial charge in [0.15, 0.2) is 5.82 Å². The van der Waals surface area contributed by atoms with Gasteiger partial charge in [-0.2, -0.15) is 0 Å². The molecular formula is C12H15N5O2. The third-order valence-electron chi connectivity index (χ3n) is 2.72. The normalized spacial score (nSPS) is 10.2. The van der Waals surface area contributed by atoms with Crippen molar-refractivity contribution in [3.05, 3.63) is 35.9 Å². The number of methoxy groups -OCH3 is 1. The van der Waals surface area contributed by atoms with Crippen molar-refractivity contribution in [1.29, 1.82) is 0 Å². The Morgan fingerprint density at radius 1 is 1.53 bits per heavy atom. The summed E-state index contributed by atoms with van der Waals surface area (Å²) in [4.78, 5) is 12.0. The molecule has 0 atom stereocenters. The van der Waals surface area contributed by atoms with Gasteiger partial charge in [-0.1, -0.05) is 0 Å². The highest BCUT2D eigenvalue weighted by Gasteiger charge is 2.11. The molecule has 0 saturated heterocycles. The maximum absolute atomic E-state index is 12.0. The van der Waals surface area contributed by atoms with Crippen molar-refractivity contribution < 1.29 is 9.53 Å². The van der Waals surface area contributed by atoms with Gasteiger partial charge < -0.3 is 20.4 Å². The highest BCUT2D eigenvalue weighted by Crippen LogP contribution is 2.19. The molecule has 0 aliphatic rings. The summed E-state index contributed by atoms with van der Waals surface area (Å²) >= 11 is 0. The maximum atomic E-state index is 12.0. The van der Waals surface area contributed by atoms with E-state index in [1.54, 1.807) is 36.1 Å². The average molecular weight is 261 g/mol. The lowest BCUT2D eigenvalue weighted by Gasteiger charge is -2.08. The number of hydrogen-bond acceptors (Lipinski definition) is 5. The molecule has 1 aromatic carbocycles. The summed E-state index contributed by atoms with van der Waals surface area (Å²) in [5.41, 5.74) is 6.55. The molecule has 19 heavy (non-hydrogen) atoms. The Morgan fingerprint density at radius 3 is 2.95 bits per heavy atom. The number of aryl methyl sites for hydroxylation is 1. The minimum absolute atomic E-state index is 0.278. The predicted octanol–water partition coefficient (Wildman–Crippen LogP) is 0.336. The molecule has 1 aromatic heterocycles. The second-order valence-electron chi connectivity index (χ2n) is 3.99. The first-order chi connectivity index (χ1) is 9.11. The van der Waals surface area contributed by atoms with E-state index in [1.165, 1.54) is 7.11 Å². The van der Waals surface area contributed by atoms with Crippen LogP contribution >= 0.6 is 0 Å². The standard InChI is InChI=1S/C12H15N5O2/c1-17-7-15-16-11(17)6-14-12(18)9-5-8(19-2)3-4-10(9)13/h3-5,7H,6,13H2,1-2H3,(H,14,18). The van der Waals surface area contributed by atoms with Crippen LogP contribution in [0.4, 0.5) is 5.69 Å². The number of rotatable bonds is 4. The molecule has 0 unspecified atom stereocenters. The summed E-state index contributed by atoms with van der Waals surface area (Å²) in [6.07, 6.45) is 1.57. The van der Waals surface area contributed by atoms with Crippen LogP contribution in [0.1, 0.15) is 16.2 Å². The molecule has 100 valence electrons. The third kappa shape index (κ3) is 2.82. The smallest absolute Gasteiger partial charge is 0.253 e. The van der Waals surface area contributed by atoms with E-state index in [2.05, 4.69) is 15.5 Å². The molecule has 3 N–H and O–H groups in total. The first-order valence-corrected chi connectivity index (χ1v) is 5.66. The lowest BCUT2D eigenvalue weighted by Crippen LogP contribution is -2.25. The Morgan fingerprint density at radius 2 is 2.32 bits per heavy atom. The minimum Gasteiger partial charge on any atom is -0.497 e. The van der Waals surface area contributed by atoms with Gasteiger partial charge in [0.25, 0.3) is 5.91 Å². The van der Waals surface area contributed by atoms with Gasteiger partial charge in [-0.05, 0) is 18.2 Å². The Labute approximate surface area is 110 Å². The largest absolute Gasteiger partial charge is 0.497 e. The van der Waals surface area contributed by atoms with E-state index in [1.807, 2.05) is 0 Å². The number of nitrogens with one attached hydrogen (secondary N) is 1. The van der Waals surface area contributed by atoms with Crippen LogP contribution in [-0.2, 0) is 13.6 Å². The maximum Gasteiger partial charge on any atom is 0.253 e.